The molecule has 0 bridgehead atoms. The Morgan fingerprint density at radius 2 is 1.84 bits per heavy atom. The molecule has 112 valence electrons. The van der Waals surface area contributed by atoms with Crippen molar-refractivity contribution >= 4 is 5.91 Å². The van der Waals surface area contributed by atoms with Crippen molar-refractivity contribution in [1.29, 1.82) is 0 Å². The maximum atomic E-state index is 11.9. The van der Waals surface area contributed by atoms with Crippen molar-refractivity contribution in [1.82, 2.24) is 10.2 Å². The average Bonchev–Trinajstić information content (AvgIpc) is 2.38. The van der Waals surface area contributed by atoms with E-state index in [0.717, 1.165) is 38.8 Å². The van der Waals surface area contributed by atoms with E-state index < -0.39 is 5.60 Å². The molecule has 1 saturated carbocycles. The minimum Gasteiger partial charge on any atom is -0.389 e. The monoisotopic (exact) mass is 270 g/mol. The molecule has 2 N–H and O–H groups in total. The maximum absolute atomic E-state index is 11.9. The van der Waals surface area contributed by atoms with Crippen LogP contribution < -0.4 is 5.32 Å². The molecular weight excluding hydrogens is 240 g/mol. The summed E-state index contributed by atoms with van der Waals surface area (Å²) in [6, 6.07) is 0.347. The van der Waals surface area contributed by atoms with Gasteiger partial charge in [0.2, 0.25) is 5.91 Å². The van der Waals surface area contributed by atoms with Crippen LogP contribution in [0, 0.1) is 0 Å². The zero-order chi connectivity index (χ0) is 14.3. The van der Waals surface area contributed by atoms with Gasteiger partial charge in [-0.05, 0) is 32.9 Å². The van der Waals surface area contributed by atoms with Crippen LogP contribution in [0.2, 0.25) is 0 Å². The van der Waals surface area contributed by atoms with Crippen LogP contribution in [-0.4, -0.2) is 47.2 Å². The van der Waals surface area contributed by atoms with E-state index >= 15 is 0 Å². The van der Waals surface area contributed by atoms with Gasteiger partial charge in [0.1, 0.15) is 0 Å². The van der Waals surface area contributed by atoms with Gasteiger partial charge in [0.15, 0.2) is 0 Å². The first kappa shape index (κ1) is 16.4. The Hall–Kier alpha value is -0.610. The van der Waals surface area contributed by atoms with Crippen LogP contribution in [0.1, 0.15) is 59.3 Å². The summed E-state index contributed by atoms with van der Waals surface area (Å²) >= 11 is 0. The van der Waals surface area contributed by atoms with Crippen LogP contribution in [0.4, 0.5) is 0 Å². The van der Waals surface area contributed by atoms with Crippen molar-refractivity contribution in [3.05, 3.63) is 0 Å². The average molecular weight is 270 g/mol. The molecule has 1 amide bonds. The van der Waals surface area contributed by atoms with Crippen molar-refractivity contribution < 1.29 is 9.90 Å². The molecule has 0 heterocycles. The van der Waals surface area contributed by atoms with Crippen LogP contribution >= 0.6 is 0 Å². The second-order valence-corrected chi connectivity index (χ2v) is 5.84. The van der Waals surface area contributed by atoms with Crippen LogP contribution in [0.5, 0.6) is 0 Å². The first-order valence-corrected chi connectivity index (χ1v) is 7.74. The van der Waals surface area contributed by atoms with Gasteiger partial charge < -0.3 is 10.4 Å². The summed E-state index contributed by atoms with van der Waals surface area (Å²) in [5.74, 6) is -0.0107. The number of carbonyl (C=O) groups excluding carboxylic acids is 1. The van der Waals surface area contributed by atoms with Gasteiger partial charge in [-0.15, -0.1) is 0 Å². The van der Waals surface area contributed by atoms with E-state index in [-0.39, 0.29) is 12.3 Å². The molecule has 1 atom stereocenters. The van der Waals surface area contributed by atoms with Crippen molar-refractivity contribution in [2.45, 2.75) is 70.9 Å². The lowest BCUT2D eigenvalue weighted by Crippen LogP contribution is -2.44. The van der Waals surface area contributed by atoms with Crippen LogP contribution in [0.25, 0.3) is 0 Å². The van der Waals surface area contributed by atoms with Gasteiger partial charge in [-0.3, -0.25) is 9.69 Å². The molecule has 1 aliphatic rings. The third-order valence-electron chi connectivity index (χ3n) is 4.30. The predicted molar refractivity (Wildman–Crippen MR) is 78.0 cm³/mol. The highest BCUT2D eigenvalue weighted by Crippen LogP contribution is 2.30. The SMILES string of the molecule is CCN(CC)C(C)CNC(=O)CC1(O)CCCCC1. The van der Waals surface area contributed by atoms with E-state index in [4.69, 9.17) is 0 Å². The Balaban J connectivity index is 2.31. The highest BCUT2D eigenvalue weighted by molar-refractivity contribution is 5.77. The fraction of sp³-hybridized carbons (Fsp3) is 0.933. The first-order valence-electron chi connectivity index (χ1n) is 7.74. The van der Waals surface area contributed by atoms with E-state index in [0.29, 0.717) is 12.6 Å². The summed E-state index contributed by atoms with van der Waals surface area (Å²) < 4.78 is 0. The summed E-state index contributed by atoms with van der Waals surface area (Å²) in [7, 11) is 0. The van der Waals surface area contributed by atoms with E-state index in [2.05, 4.69) is 31.0 Å². The fourth-order valence-electron chi connectivity index (χ4n) is 2.99. The Labute approximate surface area is 117 Å². The second kappa shape index (κ2) is 7.85. The molecule has 1 aliphatic carbocycles. The molecule has 0 spiro atoms. The van der Waals surface area contributed by atoms with Gasteiger partial charge in [0.05, 0.1) is 12.0 Å². The molecule has 0 aromatic carbocycles. The van der Waals surface area contributed by atoms with Crippen molar-refractivity contribution in [2.75, 3.05) is 19.6 Å². The van der Waals surface area contributed by atoms with Gasteiger partial charge in [-0.25, -0.2) is 0 Å². The van der Waals surface area contributed by atoms with Crippen LogP contribution in [0.15, 0.2) is 0 Å². The smallest absolute Gasteiger partial charge is 0.222 e. The van der Waals surface area contributed by atoms with E-state index in [1.54, 1.807) is 0 Å². The molecule has 19 heavy (non-hydrogen) atoms. The quantitative estimate of drug-likeness (QED) is 0.743. The highest BCUT2D eigenvalue weighted by Gasteiger charge is 2.31. The number of likely N-dealkylation sites (N-methyl/N-ethyl adjacent to an activating group) is 1. The van der Waals surface area contributed by atoms with Gasteiger partial charge in [0, 0.05) is 12.6 Å². The second-order valence-electron chi connectivity index (χ2n) is 5.84. The van der Waals surface area contributed by atoms with Crippen LogP contribution in [-0.2, 0) is 4.79 Å². The molecule has 4 nitrogen and oxygen atoms in total. The zero-order valence-electron chi connectivity index (χ0n) is 12.7. The molecule has 0 radical (unpaired) electrons. The van der Waals surface area contributed by atoms with Crippen LogP contribution in [0.3, 0.4) is 0 Å². The first-order chi connectivity index (χ1) is 9.00. The molecule has 0 aliphatic heterocycles. The number of hydrogen-bond donors (Lipinski definition) is 2. The summed E-state index contributed by atoms with van der Waals surface area (Å²) in [4.78, 5) is 14.2. The molecule has 0 saturated heterocycles. The van der Waals surface area contributed by atoms with Crippen molar-refractivity contribution in [3.63, 3.8) is 0 Å². The number of nitrogens with one attached hydrogen (secondary N) is 1. The minimum atomic E-state index is -0.749. The molecule has 1 unspecified atom stereocenters. The van der Waals surface area contributed by atoms with Gasteiger partial charge in [-0.1, -0.05) is 33.1 Å². The van der Waals surface area contributed by atoms with Gasteiger partial charge >= 0.3 is 0 Å². The lowest BCUT2D eigenvalue weighted by molar-refractivity contribution is -0.127. The van der Waals surface area contributed by atoms with E-state index in [1.165, 1.54) is 6.42 Å². The Morgan fingerprint density at radius 1 is 1.26 bits per heavy atom. The predicted octanol–water partition coefficient (Wildman–Crippen LogP) is 1.92. The molecule has 1 fully saturated rings. The fourth-order valence-corrected chi connectivity index (χ4v) is 2.99. The summed E-state index contributed by atoms with van der Waals surface area (Å²) in [5.41, 5.74) is -0.749. The number of rotatable bonds is 7. The number of carbonyl (C=O) groups is 1. The molecule has 0 aromatic rings. The minimum absolute atomic E-state index is 0.0107. The summed E-state index contributed by atoms with van der Waals surface area (Å²) in [6.07, 6.45) is 5.07. The van der Waals surface area contributed by atoms with E-state index in [1.807, 2.05) is 0 Å². The van der Waals surface area contributed by atoms with Crippen molar-refractivity contribution in [2.24, 2.45) is 0 Å². The lowest BCUT2D eigenvalue weighted by atomic mass is 9.82. The number of aliphatic hydroxyl groups is 1. The standard InChI is InChI=1S/C15H30N2O2/c1-4-17(5-2)13(3)12-16-14(18)11-15(19)9-7-6-8-10-15/h13,19H,4-12H2,1-3H3,(H,16,18). The lowest BCUT2D eigenvalue weighted by Gasteiger charge is -2.32. The largest absolute Gasteiger partial charge is 0.389 e. The normalized spacial score (nSPS) is 20.3. The third-order valence-corrected chi connectivity index (χ3v) is 4.30. The number of hydrogen-bond acceptors (Lipinski definition) is 3. The number of nitrogens with zero attached hydrogens (tertiary/aromatic N) is 1. The highest BCUT2D eigenvalue weighted by atomic mass is 16.3. The Kier molecular flexibility index (Phi) is 6.80. The third kappa shape index (κ3) is 5.49. The Morgan fingerprint density at radius 3 is 2.37 bits per heavy atom. The topological polar surface area (TPSA) is 52.6 Å². The maximum Gasteiger partial charge on any atom is 0.222 e. The number of amides is 1. The zero-order valence-corrected chi connectivity index (χ0v) is 12.7. The molecule has 1 rings (SSSR count). The molecular formula is C15H30N2O2. The van der Waals surface area contributed by atoms with Gasteiger partial charge in [0.25, 0.3) is 0 Å². The summed E-state index contributed by atoms with van der Waals surface area (Å²) in [5, 5.41) is 13.3. The molecule has 4 heteroatoms. The Bertz CT molecular complexity index is 271. The molecule has 0 aromatic heterocycles. The van der Waals surface area contributed by atoms with Crippen molar-refractivity contribution in [3.8, 4) is 0 Å². The van der Waals surface area contributed by atoms with Gasteiger partial charge in [-0.2, -0.15) is 0 Å². The van der Waals surface area contributed by atoms with E-state index in [9.17, 15) is 9.90 Å². The summed E-state index contributed by atoms with van der Waals surface area (Å²) in [6.45, 7) is 9.05.